The lowest BCUT2D eigenvalue weighted by Crippen LogP contribution is -2.19. The number of halogens is 3. The number of hydrogen-bond donors (Lipinski definition) is 0. The molecule has 0 unspecified atom stereocenters. The number of ether oxygens (including phenoxy) is 4. The Labute approximate surface area is 163 Å². The Hall–Kier alpha value is -2.15. The molecule has 0 amide bonds. The minimum atomic E-state index is -0.735. The van der Waals surface area contributed by atoms with E-state index in [1.165, 1.54) is 18.2 Å². The second-order valence-electron chi connectivity index (χ2n) is 5.14. The highest BCUT2D eigenvalue weighted by Gasteiger charge is 2.17. The van der Waals surface area contributed by atoms with Crippen molar-refractivity contribution in [3.8, 4) is 17.2 Å². The van der Waals surface area contributed by atoms with Gasteiger partial charge in [0.15, 0.2) is 30.5 Å². The van der Waals surface area contributed by atoms with Gasteiger partial charge in [0.2, 0.25) is 6.79 Å². The molecule has 26 heavy (non-hydrogen) atoms. The van der Waals surface area contributed by atoms with E-state index in [4.69, 9.17) is 53.8 Å². The van der Waals surface area contributed by atoms with Gasteiger partial charge in [0.05, 0.1) is 15.1 Å². The molecule has 1 aliphatic heterocycles. The zero-order chi connectivity index (χ0) is 18.7. The number of benzene rings is 2. The lowest BCUT2D eigenvalue weighted by atomic mass is 10.1. The zero-order valence-electron chi connectivity index (χ0n) is 13.1. The topological polar surface area (TPSA) is 71.1 Å². The van der Waals surface area contributed by atoms with E-state index in [9.17, 15) is 9.59 Å². The first kappa shape index (κ1) is 18.6. The molecule has 1 heterocycles. The monoisotopic (exact) mass is 416 g/mol. The fourth-order valence-electron chi connectivity index (χ4n) is 2.09. The maximum absolute atomic E-state index is 12.1. The molecule has 0 radical (unpaired) electrons. The molecule has 2 aromatic rings. The Kier molecular flexibility index (Phi) is 5.76. The van der Waals surface area contributed by atoms with Crippen LogP contribution in [0.1, 0.15) is 10.4 Å². The van der Waals surface area contributed by atoms with Crippen molar-refractivity contribution in [2.45, 2.75) is 0 Å². The van der Waals surface area contributed by atoms with E-state index in [-0.39, 0.29) is 33.4 Å². The largest absolute Gasteiger partial charge is 0.480 e. The summed E-state index contributed by atoms with van der Waals surface area (Å²) in [6.07, 6.45) is 0. The third kappa shape index (κ3) is 4.33. The van der Waals surface area contributed by atoms with Crippen LogP contribution in [0.25, 0.3) is 0 Å². The molecule has 0 aromatic heterocycles. The standard InChI is InChI=1S/C17H11Cl3O6/c18-10-4-12(20)15(5-11(10)19)23-7-17(22)24-6-13(21)9-1-2-14-16(3-9)26-8-25-14/h1-5H,6-8H2. The number of rotatable bonds is 6. The fourth-order valence-corrected chi connectivity index (χ4v) is 2.68. The first-order valence-electron chi connectivity index (χ1n) is 7.30. The van der Waals surface area contributed by atoms with E-state index in [0.29, 0.717) is 17.1 Å². The van der Waals surface area contributed by atoms with E-state index in [1.54, 1.807) is 12.1 Å². The Bertz CT molecular complexity index is 868. The molecule has 0 atom stereocenters. The van der Waals surface area contributed by atoms with E-state index < -0.39 is 19.2 Å². The third-order valence-corrected chi connectivity index (χ3v) is 4.40. The number of esters is 1. The average Bonchev–Trinajstić information content (AvgIpc) is 3.09. The van der Waals surface area contributed by atoms with Gasteiger partial charge in [0, 0.05) is 11.6 Å². The number of carbonyl (C=O) groups excluding carboxylic acids is 2. The van der Waals surface area contributed by atoms with Crippen molar-refractivity contribution in [2.24, 2.45) is 0 Å². The van der Waals surface area contributed by atoms with E-state index >= 15 is 0 Å². The minimum absolute atomic E-state index is 0.108. The lowest BCUT2D eigenvalue weighted by molar-refractivity contribution is -0.144. The van der Waals surface area contributed by atoms with Crippen LogP contribution in [0.5, 0.6) is 17.2 Å². The molecule has 0 spiro atoms. The van der Waals surface area contributed by atoms with E-state index in [0.717, 1.165) is 0 Å². The molecule has 0 saturated heterocycles. The normalized spacial score (nSPS) is 12.0. The van der Waals surface area contributed by atoms with Crippen molar-refractivity contribution < 1.29 is 28.5 Å². The predicted molar refractivity (Wildman–Crippen MR) is 94.8 cm³/mol. The Balaban J connectivity index is 1.51. The summed E-state index contributed by atoms with van der Waals surface area (Å²) in [6.45, 7) is -0.764. The number of Topliss-reactive ketones (excluding diaryl/α,β-unsaturated/α-hetero) is 1. The van der Waals surface area contributed by atoms with Gasteiger partial charge < -0.3 is 18.9 Å². The van der Waals surface area contributed by atoms with Crippen molar-refractivity contribution in [3.05, 3.63) is 51.0 Å². The van der Waals surface area contributed by atoms with Gasteiger partial charge in [-0.05, 0) is 24.3 Å². The molecule has 3 rings (SSSR count). The van der Waals surface area contributed by atoms with Gasteiger partial charge in [-0.15, -0.1) is 0 Å². The van der Waals surface area contributed by atoms with Crippen LogP contribution in [0.15, 0.2) is 30.3 Å². The number of ketones is 1. The van der Waals surface area contributed by atoms with Crippen LogP contribution in [0.4, 0.5) is 0 Å². The maximum Gasteiger partial charge on any atom is 0.344 e. The molecule has 1 aliphatic rings. The number of hydrogen-bond acceptors (Lipinski definition) is 6. The molecular weight excluding hydrogens is 407 g/mol. The molecule has 0 N–H and O–H groups in total. The molecule has 0 aliphatic carbocycles. The summed E-state index contributed by atoms with van der Waals surface area (Å²) < 4.78 is 20.5. The van der Waals surface area contributed by atoms with Crippen LogP contribution >= 0.6 is 34.8 Å². The Morgan fingerprint density at radius 1 is 0.923 bits per heavy atom. The van der Waals surface area contributed by atoms with Gasteiger partial charge in [-0.2, -0.15) is 0 Å². The Morgan fingerprint density at radius 2 is 1.65 bits per heavy atom. The van der Waals surface area contributed by atoms with Crippen molar-refractivity contribution in [1.29, 1.82) is 0 Å². The molecule has 136 valence electrons. The minimum Gasteiger partial charge on any atom is -0.480 e. The Morgan fingerprint density at radius 3 is 2.46 bits per heavy atom. The summed E-state index contributed by atoms with van der Waals surface area (Å²) in [7, 11) is 0. The average molecular weight is 418 g/mol. The quantitative estimate of drug-likeness (QED) is 0.399. The third-order valence-electron chi connectivity index (χ3n) is 3.38. The summed E-state index contributed by atoms with van der Waals surface area (Å²) in [5.74, 6) is 0.0933. The molecule has 0 fully saturated rings. The highest BCUT2D eigenvalue weighted by Crippen LogP contribution is 2.34. The van der Waals surface area contributed by atoms with Crippen LogP contribution < -0.4 is 14.2 Å². The van der Waals surface area contributed by atoms with Crippen molar-refractivity contribution in [3.63, 3.8) is 0 Å². The summed E-state index contributed by atoms with van der Waals surface area (Å²) in [5.41, 5.74) is 0.343. The summed E-state index contributed by atoms with van der Waals surface area (Å²) in [4.78, 5) is 23.8. The van der Waals surface area contributed by atoms with Crippen LogP contribution in [-0.4, -0.2) is 31.8 Å². The molecule has 9 heteroatoms. The SMILES string of the molecule is O=C(COc1cc(Cl)c(Cl)cc1Cl)OCC(=O)c1ccc2c(c1)OCO2. The summed E-state index contributed by atoms with van der Waals surface area (Å²) in [5, 5.41) is 0.696. The molecule has 0 bridgehead atoms. The second kappa shape index (κ2) is 8.03. The van der Waals surface area contributed by atoms with Crippen LogP contribution in [0.3, 0.4) is 0 Å². The fraction of sp³-hybridized carbons (Fsp3) is 0.176. The van der Waals surface area contributed by atoms with Gasteiger partial charge in [0.1, 0.15) is 5.75 Å². The van der Waals surface area contributed by atoms with Crippen molar-refractivity contribution >= 4 is 46.6 Å². The van der Waals surface area contributed by atoms with Crippen LogP contribution in [0, 0.1) is 0 Å². The summed E-state index contributed by atoms with van der Waals surface area (Å²) >= 11 is 17.6. The second-order valence-corrected chi connectivity index (χ2v) is 6.36. The number of carbonyl (C=O) groups is 2. The van der Waals surface area contributed by atoms with E-state index in [2.05, 4.69) is 0 Å². The van der Waals surface area contributed by atoms with Gasteiger partial charge in [-0.3, -0.25) is 4.79 Å². The smallest absolute Gasteiger partial charge is 0.344 e. The highest BCUT2D eigenvalue weighted by atomic mass is 35.5. The van der Waals surface area contributed by atoms with Gasteiger partial charge in [0.25, 0.3) is 0 Å². The van der Waals surface area contributed by atoms with Crippen molar-refractivity contribution in [1.82, 2.24) is 0 Å². The number of fused-ring (bicyclic) bond motifs is 1. The first-order chi connectivity index (χ1) is 12.4. The zero-order valence-corrected chi connectivity index (χ0v) is 15.4. The maximum atomic E-state index is 12.1. The van der Waals surface area contributed by atoms with E-state index in [1.807, 2.05) is 0 Å². The molecule has 6 nitrogen and oxygen atoms in total. The first-order valence-corrected chi connectivity index (χ1v) is 8.43. The van der Waals surface area contributed by atoms with Crippen molar-refractivity contribution in [2.75, 3.05) is 20.0 Å². The summed E-state index contributed by atoms with van der Waals surface area (Å²) in [6, 6.07) is 7.50. The van der Waals surface area contributed by atoms with Gasteiger partial charge in [-0.1, -0.05) is 34.8 Å². The predicted octanol–water partition coefficient (Wildman–Crippen LogP) is 4.18. The highest BCUT2D eigenvalue weighted by molar-refractivity contribution is 6.43. The molecular formula is C17H11Cl3O6. The van der Waals surface area contributed by atoms with Crippen LogP contribution in [0.2, 0.25) is 15.1 Å². The van der Waals surface area contributed by atoms with Gasteiger partial charge in [-0.25, -0.2) is 4.79 Å². The van der Waals surface area contributed by atoms with Crippen LogP contribution in [-0.2, 0) is 9.53 Å². The molecule has 0 saturated carbocycles. The lowest BCUT2D eigenvalue weighted by Gasteiger charge is -2.09. The molecule has 2 aromatic carbocycles. The van der Waals surface area contributed by atoms with Gasteiger partial charge >= 0.3 is 5.97 Å².